The lowest BCUT2D eigenvalue weighted by Gasteiger charge is -2.14. The van der Waals surface area contributed by atoms with Crippen LogP contribution in [0.5, 0.6) is 23.0 Å². The van der Waals surface area contributed by atoms with Crippen molar-refractivity contribution in [3.63, 3.8) is 0 Å². The molecule has 0 bridgehead atoms. The zero-order valence-corrected chi connectivity index (χ0v) is 14.4. The highest BCUT2D eigenvalue weighted by Crippen LogP contribution is 2.36. The van der Waals surface area contributed by atoms with E-state index in [1.54, 1.807) is 14.2 Å². The molecule has 0 amide bonds. The third-order valence-corrected chi connectivity index (χ3v) is 3.56. The van der Waals surface area contributed by atoms with Crippen molar-refractivity contribution in [3.05, 3.63) is 47.0 Å². The van der Waals surface area contributed by atoms with Gasteiger partial charge in [-0.2, -0.15) is 0 Å². The summed E-state index contributed by atoms with van der Waals surface area (Å²) in [5.74, 6) is 2.58. The van der Waals surface area contributed by atoms with Gasteiger partial charge in [0.2, 0.25) is 5.75 Å². The van der Waals surface area contributed by atoms with Crippen LogP contribution in [0.25, 0.3) is 0 Å². The first-order chi connectivity index (χ1) is 11.2. The molecule has 4 nitrogen and oxygen atoms in total. The molecule has 0 aliphatic heterocycles. The highest BCUT2D eigenvalue weighted by Gasteiger charge is 2.11. The summed E-state index contributed by atoms with van der Waals surface area (Å²) in [7, 11) is 3.20. The molecule has 23 heavy (non-hydrogen) atoms. The van der Waals surface area contributed by atoms with Crippen molar-refractivity contribution in [1.82, 2.24) is 0 Å². The fourth-order valence-corrected chi connectivity index (χ4v) is 2.39. The SMILES string of the molecule is COc1cccc(OC)c1OCCCOc1ccc(C)cc1Cl. The summed E-state index contributed by atoms with van der Waals surface area (Å²) >= 11 is 6.13. The number of methoxy groups -OCH3 is 2. The van der Waals surface area contributed by atoms with Crippen LogP contribution >= 0.6 is 11.6 Å². The molecule has 124 valence electrons. The van der Waals surface area contributed by atoms with Crippen LogP contribution < -0.4 is 18.9 Å². The van der Waals surface area contributed by atoms with Gasteiger partial charge in [-0.15, -0.1) is 0 Å². The van der Waals surface area contributed by atoms with Crippen LogP contribution in [-0.2, 0) is 0 Å². The van der Waals surface area contributed by atoms with Crippen molar-refractivity contribution >= 4 is 11.6 Å². The number of hydrogen-bond donors (Lipinski definition) is 0. The van der Waals surface area contributed by atoms with Crippen LogP contribution in [0.15, 0.2) is 36.4 Å². The van der Waals surface area contributed by atoms with E-state index >= 15 is 0 Å². The summed E-state index contributed by atoms with van der Waals surface area (Å²) in [6.07, 6.45) is 0.714. The topological polar surface area (TPSA) is 36.9 Å². The molecule has 0 heterocycles. The van der Waals surface area contributed by atoms with Crippen molar-refractivity contribution < 1.29 is 18.9 Å². The minimum atomic E-state index is 0.486. The number of benzene rings is 2. The molecule has 0 aliphatic rings. The standard InChI is InChI=1S/C18H21ClO4/c1-13-8-9-15(14(19)12-13)22-10-5-11-23-18-16(20-2)6-4-7-17(18)21-3/h4,6-9,12H,5,10-11H2,1-3H3. The second kappa shape index (κ2) is 8.53. The predicted octanol–water partition coefficient (Wildman–Crippen LogP) is 4.51. The van der Waals surface area contributed by atoms with Gasteiger partial charge in [0.1, 0.15) is 5.75 Å². The van der Waals surface area contributed by atoms with E-state index in [0.717, 1.165) is 5.56 Å². The molecule has 2 aromatic carbocycles. The first-order valence-electron chi connectivity index (χ1n) is 7.38. The Kier molecular flexibility index (Phi) is 6.41. The van der Waals surface area contributed by atoms with Gasteiger partial charge in [-0.3, -0.25) is 0 Å². The first kappa shape index (κ1) is 17.3. The molecule has 0 radical (unpaired) electrons. The zero-order valence-electron chi connectivity index (χ0n) is 13.6. The Morgan fingerprint density at radius 1 is 0.870 bits per heavy atom. The molecular weight excluding hydrogens is 316 g/mol. The summed E-state index contributed by atoms with van der Waals surface area (Å²) < 4.78 is 22.0. The fourth-order valence-electron chi connectivity index (χ4n) is 2.10. The van der Waals surface area contributed by atoms with Gasteiger partial charge in [0, 0.05) is 6.42 Å². The van der Waals surface area contributed by atoms with Gasteiger partial charge in [-0.25, -0.2) is 0 Å². The monoisotopic (exact) mass is 336 g/mol. The van der Waals surface area contributed by atoms with E-state index in [4.69, 9.17) is 30.5 Å². The van der Waals surface area contributed by atoms with E-state index in [0.29, 0.717) is 47.7 Å². The molecular formula is C18H21ClO4. The molecule has 0 unspecified atom stereocenters. The average Bonchev–Trinajstić information content (AvgIpc) is 2.56. The maximum Gasteiger partial charge on any atom is 0.203 e. The fraction of sp³-hybridized carbons (Fsp3) is 0.333. The number of halogens is 1. The van der Waals surface area contributed by atoms with Crippen LogP contribution in [0.3, 0.4) is 0 Å². The van der Waals surface area contributed by atoms with Gasteiger partial charge in [0.25, 0.3) is 0 Å². The maximum absolute atomic E-state index is 6.13. The molecule has 2 rings (SSSR count). The molecule has 0 saturated carbocycles. The molecule has 2 aromatic rings. The average molecular weight is 337 g/mol. The minimum absolute atomic E-state index is 0.486. The number of aryl methyl sites for hydroxylation is 1. The van der Waals surface area contributed by atoms with Gasteiger partial charge in [0.05, 0.1) is 32.5 Å². The Hall–Kier alpha value is -2.07. The number of hydrogen-bond acceptors (Lipinski definition) is 4. The van der Waals surface area contributed by atoms with E-state index in [9.17, 15) is 0 Å². The maximum atomic E-state index is 6.13. The summed E-state index contributed by atoms with van der Waals surface area (Å²) in [5.41, 5.74) is 1.11. The van der Waals surface area contributed by atoms with Crippen molar-refractivity contribution in [3.8, 4) is 23.0 Å². The molecule has 0 spiro atoms. The Balaban J connectivity index is 1.84. The Bertz CT molecular complexity index is 621. The van der Waals surface area contributed by atoms with Crippen LogP contribution in [0.4, 0.5) is 0 Å². The molecule has 0 aromatic heterocycles. The smallest absolute Gasteiger partial charge is 0.203 e. The van der Waals surface area contributed by atoms with Crippen molar-refractivity contribution in [2.45, 2.75) is 13.3 Å². The molecule has 0 atom stereocenters. The Morgan fingerprint density at radius 2 is 1.52 bits per heavy atom. The number of para-hydroxylation sites is 1. The van der Waals surface area contributed by atoms with E-state index in [1.807, 2.05) is 43.3 Å². The number of rotatable bonds is 8. The third-order valence-electron chi connectivity index (χ3n) is 3.26. The summed E-state index contributed by atoms with van der Waals surface area (Å²) in [6, 6.07) is 11.3. The lowest BCUT2D eigenvalue weighted by Crippen LogP contribution is -2.06. The largest absolute Gasteiger partial charge is 0.493 e. The zero-order chi connectivity index (χ0) is 16.7. The Labute approximate surface area is 141 Å². The van der Waals surface area contributed by atoms with Gasteiger partial charge in [-0.1, -0.05) is 23.7 Å². The van der Waals surface area contributed by atoms with Crippen LogP contribution in [-0.4, -0.2) is 27.4 Å². The summed E-state index contributed by atoms with van der Waals surface area (Å²) in [5, 5.41) is 0.623. The van der Waals surface area contributed by atoms with E-state index < -0.39 is 0 Å². The molecule has 0 fully saturated rings. The van der Waals surface area contributed by atoms with Crippen molar-refractivity contribution in [2.75, 3.05) is 27.4 Å². The molecule has 5 heteroatoms. The van der Waals surface area contributed by atoms with Crippen LogP contribution in [0.1, 0.15) is 12.0 Å². The molecule has 0 saturated heterocycles. The van der Waals surface area contributed by atoms with Crippen LogP contribution in [0, 0.1) is 6.92 Å². The second-order valence-electron chi connectivity index (χ2n) is 4.98. The highest BCUT2D eigenvalue weighted by atomic mass is 35.5. The van der Waals surface area contributed by atoms with E-state index in [-0.39, 0.29) is 0 Å². The highest BCUT2D eigenvalue weighted by molar-refractivity contribution is 6.32. The van der Waals surface area contributed by atoms with Crippen LogP contribution in [0.2, 0.25) is 5.02 Å². The normalized spacial score (nSPS) is 10.3. The quantitative estimate of drug-likeness (QED) is 0.664. The van der Waals surface area contributed by atoms with Crippen molar-refractivity contribution in [1.29, 1.82) is 0 Å². The second-order valence-corrected chi connectivity index (χ2v) is 5.38. The molecule has 0 aliphatic carbocycles. The minimum Gasteiger partial charge on any atom is -0.493 e. The van der Waals surface area contributed by atoms with Gasteiger partial charge >= 0.3 is 0 Å². The number of ether oxygens (including phenoxy) is 4. The van der Waals surface area contributed by atoms with E-state index in [2.05, 4.69) is 0 Å². The Morgan fingerprint density at radius 3 is 2.13 bits per heavy atom. The van der Waals surface area contributed by atoms with Gasteiger partial charge in [-0.05, 0) is 36.8 Å². The van der Waals surface area contributed by atoms with Crippen molar-refractivity contribution in [2.24, 2.45) is 0 Å². The lowest BCUT2D eigenvalue weighted by atomic mass is 10.2. The molecule has 0 N–H and O–H groups in total. The lowest BCUT2D eigenvalue weighted by molar-refractivity contribution is 0.232. The van der Waals surface area contributed by atoms with Gasteiger partial charge < -0.3 is 18.9 Å². The third kappa shape index (κ3) is 4.70. The van der Waals surface area contributed by atoms with E-state index in [1.165, 1.54) is 0 Å². The predicted molar refractivity (Wildman–Crippen MR) is 91.3 cm³/mol. The first-order valence-corrected chi connectivity index (χ1v) is 7.76. The van der Waals surface area contributed by atoms with Gasteiger partial charge in [0.15, 0.2) is 11.5 Å². The summed E-state index contributed by atoms with van der Waals surface area (Å²) in [4.78, 5) is 0. The summed E-state index contributed by atoms with van der Waals surface area (Å²) in [6.45, 7) is 2.99.